The van der Waals surface area contributed by atoms with E-state index in [4.69, 9.17) is 0 Å². The van der Waals surface area contributed by atoms with Gasteiger partial charge in [-0.15, -0.1) is 6.58 Å². The molecule has 0 saturated heterocycles. The second-order valence-electron chi connectivity index (χ2n) is 3.60. The molecule has 1 unspecified atom stereocenters. The van der Waals surface area contributed by atoms with Gasteiger partial charge in [0.15, 0.2) is 0 Å². The third-order valence-electron chi connectivity index (χ3n) is 2.92. The molecule has 0 saturated carbocycles. The van der Waals surface area contributed by atoms with Gasteiger partial charge in [-0.3, -0.25) is 0 Å². The van der Waals surface area contributed by atoms with E-state index in [1.807, 2.05) is 12.2 Å². The Hall–Kier alpha value is -1.56. The second-order valence-corrected chi connectivity index (χ2v) is 3.60. The number of fused-ring (bicyclic) bond motifs is 1. The molecule has 0 nitrogen and oxygen atoms in total. The number of hydrogen-bond donors (Lipinski definition) is 0. The lowest BCUT2D eigenvalue weighted by Gasteiger charge is -2.07. The summed E-state index contributed by atoms with van der Waals surface area (Å²) in [5.74, 6) is 0.374. The first kappa shape index (κ1) is 9.01. The van der Waals surface area contributed by atoms with Crippen LogP contribution in [0.1, 0.15) is 24.0 Å². The lowest BCUT2D eigenvalue weighted by atomic mass is 9.97. The average molecular weight is 182 g/mol. The highest BCUT2D eigenvalue weighted by Gasteiger charge is 2.23. The maximum atomic E-state index is 3.89. The van der Waals surface area contributed by atoms with E-state index in [0.717, 1.165) is 0 Å². The summed E-state index contributed by atoms with van der Waals surface area (Å²) in [4.78, 5) is 0. The summed E-state index contributed by atoms with van der Waals surface area (Å²) in [5, 5.41) is 0. The first-order valence-electron chi connectivity index (χ1n) is 4.84. The van der Waals surface area contributed by atoms with Crippen LogP contribution in [0.3, 0.4) is 0 Å². The van der Waals surface area contributed by atoms with Gasteiger partial charge in [0.05, 0.1) is 0 Å². The normalized spacial score (nSPS) is 19.4. The van der Waals surface area contributed by atoms with Crippen molar-refractivity contribution in [3.8, 4) is 0 Å². The highest BCUT2D eigenvalue weighted by molar-refractivity contribution is 5.84. The van der Waals surface area contributed by atoms with Crippen LogP contribution in [0.25, 0.3) is 5.57 Å². The summed E-state index contributed by atoms with van der Waals surface area (Å²) in [6, 6.07) is 8.47. The maximum Gasteiger partial charge on any atom is 0.0238 e. The molecule has 2 rings (SSSR count). The summed E-state index contributed by atoms with van der Waals surface area (Å²) in [7, 11) is 0. The summed E-state index contributed by atoms with van der Waals surface area (Å²) >= 11 is 0. The molecular formula is C14H14. The highest BCUT2D eigenvalue weighted by Crippen LogP contribution is 2.42. The third-order valence-corrected chi connectivity index (χ3v) is 2.92. The van der Waals surface area contributed by atoms with Crippen LogP contribution >= 0.6 is 0 Å². The van der Waals surface area contributed by atoms with E-state index >= 15 is 0 Å². The van der Waals surface area contributed by atoms with E-state index in [9.17, 15) is 0 Å². The van der Waals surface area contributed by atoms with E-state index in [-0.39, 0.29) is 0 Å². The van der Waals surface area contributed by atoms with Crippen molar-refractivity contribution in [3.63, 3.8) is 0 Å². The van der Waals surface area contributed by atoms with Gasteiger partial charge < -0.3 is 0 Å². The quantitative estimate of drug-likeness (QED) is 0.608. The molecule has 0 bridgehead atoms. The molecule has 0 spiro atoms. The molecule has 1 aliphatic rings. The average Bonchev–Trinajstić information content (AvgIpc) is 2.49. The standard InChI is InChI=1S/C14H14/c1-4-11-10(3)12(5-2)14-9-7-6-8-13(11)14/h4-9,11H,1-2H2,3H3. The molecule has 1 aliphatic carbocycles. The predicted octanol–water partition coefficient (Wildman–Crippen LogP) is 3.93. The molecule has 0 aliphatic heterocycles. The Bertz CT molecular complexity index is 421. The van der Waals surface area contributed by atoms with Crippen LogP contribution in [-0.4, -0.2) is 0 Å². The molecule has 1 aromatic rings. The zero-order valence-corrected chi connectivity index (χ0v) is 8.46. The minimum atomic E-state index is 0.374. The molecule has 70 valence electrons. The van der Waals surface area contributed by atoms with Crippen LogP contribution in [0, 0.1) is 0 Å². The molecule has 0 heteroatoms. The van der Waals surface area contributed by atoms with Gasteiger partial charge >= 0.3 is 0 Å². The number of benzene rings is 1. The Labute approximate surface area is 85.3 Å². The van der Waals surface area contributed by atoms with Gasteiger partial charge in [0, 0.05) is 5.92 Å². The first-order chi connectivity index (χ1) is 6.79. The fourth-order valence-electron chi connectivity index (χ4n) is 2.20. The highest BCUT2D eigenvalue weighted by atomic mass is 14.3. The SMILES string of the molecule is C=CC1=C(C)C(C=C)c2ccccc21. The summed E-state index contributed by atoms with van der Waals surface area (Å²) in [5.41, 5.74) is 5.29. The zero-order valence-electron chi connectivity index (χ0n) is 8.46. The van der Waals surface area contributed by atoms with Crippen LogP contribution in [0.4, 0.5) is 0 Å². The van der Waals surface area contributed by atoms with Gasteiger partial charge in [-0.2, -0.15) is 0 Å². The number of rotatable bonds is 2. The lowest BCUT2D eigenvalue weighted by molar-refractivity contribution is 1.03. The molecule has 0 radical (unpaired) electrons. The van der Waals surface area contributed by atoms with Crippen LogP contribution in [0.5, 0.6) is 0 Å². The van der Waals surface area contributed by atoms with Crippen molar-refractivity contribution in [1.29, 1.82) is 0 Å². The molecule has 0 amide bonds. The zero-order chi connectivity index (χ0) is 10.1. The Morgan fingerprint density at radius 2 is 1.93 bits per heavy atom. The second kappa shape index (κ2) is 3.30. The monoisotopic (exact) mass is 182 g/mol. The Morgan fingerprint density at radius 3 is 2.57 bits per heavy atom. The minimum Gasteiger partial charge on any atom is -0.102 e. The molecule has 1 atom stereocenters. The molecule has 1 aromatic carbocycles. The molecule has 0 N–H and O–H groups in total. The fourth-order valence-corrected chi connectivity index (χ4v) is 2.20. The molecule has 0 heterocycles. The van der Waals surface area contributed by atoms with Gasteiger partial charge in [-0.05, 0) is 23.6 Å². The molecular weight excluding hydrogens is 168 g/mol. The fraction of sp³-hybridized carbons (Fsp3) is 0.143. The van der Waals surface area contributed by atoms with Crippen molar-refractivity contribution < 1.29 is 0 Å². The van der Waals surface area contributed by atoms with E-state index in [1.54, 1.807) is 0 Å². The predicted molar refractivity (Wildman–Crippen MR) is 62.2 cm³/mol. The first-order valence-corrected chi connectivity index (χ1v) is 4.84. The Balaban J connectivity index is 2.68. The minimum absolute atomic E-state index is 0.374. The van der Waals surface area contributed by atoms with Gasteiger partial charge in [0.25, 0.3) is 0 Å². The largest absolute Gasteiger partial charge is 0.102 e. The van der Waals surface area contributed by atoms with Gasteiger partial charge in [0.1, 0.15) is 0 Å². The molecule has 14 heavy (non-hydrogen) atoms. The van der Waals surface area contributed by atoms with E-state index in [2.05, 4.69) is 44.3 Å². The van der Waals surface area contributed by atoms with Crippen molar-refractivity contribution in [2.24, 2.45) is 0 Å². The smallest absolute Gasteiger partial charge is 0.0238 e. The van der Waals surface area contributed by atoms with Gasteiger partial charge in [0.2, 0.25) is 0 Å². The van der Waals surface area contributed by atoms with E-state index < -0.39 is 0 Å². The number of allylic oxidation sites excluding steroid dienone is 4. The Kier molecular flexibility index (Phi) is 2.12. The van der Waals surface area contributed by atoms with Crippen molar-refractivity contribution >= 4 is 5.57 Å². The molecule has 0 fully saturated rings. The topological polar surface area (TPSA) is 0 Å². The van der Waals surface area contributed by atoms with Crippen LogP contribution in [0.15, 0.2) is 55.1 Å². The van der Waals surface area contributed by atoms with Crippen LogP contribution in [-0.2, 0) is 0 Å². The third kappa shape index (κ3) is 1.07. The van der Waals surface area contributed by atoms with Crippen molar-refractivity contribution in [3.05, 3.63) is 66.3 Å². The van der Waals surface area contributed by atoms with Crippen LogP contribution in [0.2, 0.25) is 0 Å². The maximum absolute atomic E-state index is 3.89. The lowest BCUT2D eigenvalue weighted by Crippen LogP contribution is -1.90. The summed E-state index contributed by atoms with van der Waals surface area (Å²) < 4.78 is 0. The summed E-state index contributed by atoms with van der Waals surface area (Å²) in [6.07, 6.45) is 3.95. The van der Waals surface area contributed by atoms with Gasteiger partial charge in [-0.25, -0.2) is 0 Å². The number of hydrogen-bond acceptors (Lipinski definition) is 0. The van der Waals surface area contributed by atoms with Crippen molar-refractivity contribution in [2.45, 2.75) is 12.8 Å². The molecule has 0 aromatic heterocycles. The van der Waals surface area contributed by atoms with E-state index in [1.165, 1.54) is 22.3 Å². The van der Waals surface area contributed by atoms with Gasteiger partial charge in [-0.1, -0.05) is 48.6 Å². The van der Waals surface area contributed by atoms with E-state index in [0.29, 0.717) is 5.92 Å². The summed E-state index contributed by atoms with van der Waals surface area (Å²) in [6.45, 7) is 9.92. The van der Waals surface area contributed by atoms with Crippen molar-refractivity contribution in [2.75, 3.05) is 0 Å². The van der Waals surface area contributed by atoms with Crippen molar-refractivity contribution in [1.82, 2.24) is 0 Å². The Morgan fingerprint density at radius 1 is 1.21 bits per heavy atom. The van der Waals surface area contributed by atoms with Crippen LogP contribution < -0.4 is 0 Å².